The highest BCUT2D eigenvalue weighted by atomic mass is 16.5. The van der Waals surface area contributed by atoms with Gasteiger partial charge in [-0.3, -0.25) is 4.79 Å². The molecule has 0 aromatic heterocycles. The second-order valence-electron chi connectivity index (χ2n) is 13.6. The number of aliphatic hydroxyl groups excluding tert-OH is 1. The first-order valence-electron chi connectivity index (χ1n) is 17.0. The van der Waals surface area contributed by atoms with Crippen LogP contribution in [0.5, 0.6) is 0 Å². The first-order valence-corrected chi connectivity index (χ1v) is 17.0. The lowest BCUT2D eigenvalue weighted by Crippen LogP contribution is -2.34. The number of ether oxygens (including phenoxy) is 2. The molecule has 4 atom stereocenters. The Kier molecular flexibility index (Phi) is 14.6. The van der Waals surface area contributed by atoms with Crippen molar-refractivity contribution in [2.24, 2.45) is 35.5 Å². The third-order valence-electron chi connectivity index (χ3n) is 10.1. The Morgan fingerprint density at radius 2 is 1.64 bits per heavy atom. The number of esters is 2. The first-order chi connectivity index (χ1) is 20.2. The molecule has 0 saturated heterocycles. The SMILES string of the molecule is C=C(CO)C(=O)OCC(COC(=O)C(C)C)CC1CCC(C2CCC(c3ccc(CCCCC)cc3)CC2)C(CC)C1. The topological polar surface area (TPSA) is 72.8 Å². The summed E-state index contributed by atoms with van der Waals surface area (Å²) in [5.74, 6) is 2.57. The predicted molar refractivity (Wildman–Crippen MR) is 170 cm³/mol. The number of hydrogen-bond acceptors (Lipinski definition) is 5. The van der Waals surface area contributed by atoms with Crippen LogP contribution >= 0.6 is 0 Å². The molecule has 2 aliphatic carbocycles. The number of unbranched alkanes of at least 4 members (excludes halogenated alkanes) is 2. The Morgan fingerprint density at radius 3 is 2.26 bits per heavy atom. The highest BCUT2D eigenvalue weighted by Gasteiger charge is 2.37. The summed E-state index contributed by atoms with van der Waals surface area (Å²) >= 11 is 0. The van der Waals surface area contributed by atoms with Crippen molar-refractivity contribution in [1.82, 2.24) is 0 Å². The number of hydrogen-bond donors (Lipinski definition) is 1. The molecule has 1 aromatic rings. The minimum absolute atomic E-state index is 0.0457. The number of aryl methyl sites for hydroxylation is 1. The summed E-state index contributed by atoms with van der Waals surface area (Å²) in [5.41, 5.74) is 3.07. The Hall–Kier alpha value is -2.14. The molecule has 0 heterocycles. The fourth-order valence-corrected chi connectivity index (χ4v) is 7.49. The third kappa shape index (κ3) is 10.5. The van der Waals surface area contributed by atoms with Gasteiger partial charge in [0.2, 0.25) is 0 Å². The third-order valence-corrected chi connectivity index (χ3v) is 10.1. The molecule has 0 spiro atoms. The first kappa shape index (κ1) is 34.4. The lowest BCUT2D eigenvalue weighted by atomic mass is 9.62. The number of rotatable bonds is 16. The Morgan fingerprint density at radius 1 is 0.952 bits per heavy atom. The van der Waals surface area contributed by atoms with Crippen LogP contribution in [0.4, 0.5) is 0 Å². The van der Waals surface area contributed by atoms with Crippen LogP contribution in [-0.2, 0) is 25.5 Å². The molecule has 236 valence electrons. The monoisotopic (exact) mass is 582 g/mol. The van der Waals surface area contributed by atoms with Gasteiger partial charge in [0.05, 0.1) is 31.3 Å². The van der Waals surface area contributed by atoms with Gasteiger partial charge in [0.1, 0.15) is 0 Å². The van der Waals surface area contributed by atoms with Crippen molar-refractivity contribution < 1.29 is 24.2 Å². The van der Waals surface area contributed by atoms with E-state index in [0.29, 0.717) is 11.8 Å². The zero-order valence-corrected chi connectivity index (χ0v) is 27.0. The van der Waals surface area contributed by atoms with Gasteiger partial charge in [-0.1, -0.05) is 84.2 Å². The predicted octanol–water partition coefficient (Wildman–Crippen LogP) is 8.43. The largest absolute Gasteiger partial charge is 0.465 e. The van der Waals surface area contributed by atoms with Crippen LogP contribution in [0.25, 0.3) is 0 Å². The molecule has 1 aromatic carbocycles. The highest BCUT2D eigenvalue weighted by Crippen LogP contribution is 2.48. The molecule has 0 aliphatic heterocycles. The fraction of sp³-hybridized carbons (Fsp3) is 0.730. The van der Waals surface area contributed by atoms with Crippen LogP contribution in [0, 0.1) is 35.5 Å². The van der Waals surface area contributed by atoms with Crippen molar-refractivity contribution in [3.05, 3.63) is 47.5 Å². The molecular formula is C37H58O5. The minimum Gasteiger partial charge on any atom is -0.465 e. The smallest absolute Gasteiger partial charge is 0.335 e. The average molecular weight is 583 g/mol. The van der Waals surface area contributed by atoms with E-state index >= 15 is 0 Å². The van der Waals surface area contributed by atoms with Gasteiger partial charge >= 0.3 is 11.9 Å². The van der Waals surface area contributed by atoms with Gasteiger partial charge in [-0.05, 0) is 98.5 Å². The Balaban J connectivity index is 1.51. The van der Waals surface area contributed by atoms with E-state index in [9.17, 15) is 14.7 Å². The van der Waals surface area contributed by atoms with Gasteiger partial charge in [0, 0.05) is 5.92 Å². The van der Waals surface area contributed by atoms with Gasteiger partial charge in [0.15, 0.2) is 0 Å². The van der Waals surface area contributed by atoms with E-state index in [1.165, 1.54) is 88.2 Å². The number of benzene rings is 1. The lowest BCUT2D eigenvalue weighted by molar-refractivity contribution is -0.150. The van der Waals surface area contributed by atoms with E-state index in [2.05, 4.69) is 44.7 Å². The summed E-state index contributed by atoms with van der Waals surface area (Å²) in [7, 11) is 0. The normalized spacial score (nSPS) is 25.1. The minimum atomic E-state index is -0.577. The molecule has 0 radical (unpaired) electrons. The van der Waals surface area contributed by atoms with Crippen molar-refractivity contribution in [3.63, 3.8) is 0 Å². The van der Waals surface area contributed by atoms with Gasteiger partial charge < -0.3 is 14.6 Å². The van der Waals surface area contributed by atoms with Gasteiger partial charge in [-0.2, -0.15) is 0 Å². The van der Waals surface area contributed by atoms with Crippen LogP contribution in [0.15, 0.2) is 36.4 Å². The zero-order valence-electron chi connectivity index (χ0n) is 27.0. The van der Waals surface area contributed by atoms with Crippen LogP contribution in [-0.4, -0.2) is 36.9 Å². The highest BCUT2D eigenvalue weighted by molar-refractivity contribution is 5.87. The summed E-state index contributed by atoms with van der Waals surface area (Å²) in [4.78, 5) is 24.3. The molecule has 42 heavy (non-hydrogen) atoms. The molecule has 1 N–H and O–H groups in total. The summed E-state index contributed by atoms with van der Waals surface area (Å²) in [6.45, 7) is 11.9. The molecule has 5 nitrogen and oxygen atoms in total. The van der Waals surface area contributed by atoms with E-state index in [0.717, 1.165) is 24.2 Å². The molecule has 2 aliphatic rings. The maximum absolute atomic E-state index is 12.1. The van der Waals surface area contributed by atoms with Crippen molar-refractivity contribution in [2.45, 2.75) is 117 Å². The molecular weight excluding hydrogens is 524 g/mol. The van der Waals surface area contributed by atoms with Crippen molar-refractivity contribution in [3.8, 4) is 0 Å². The number of carbonyl (C=O) groups excluding carboxylic acids is 2. The van der Waals surface area contributed by atoms with E-state index in [4.69, 9.17) is 9.47 Å². The fourth-order valence-electron chi connectivity index (χ4n) is 7.49. The van der Waals surface area contributed by atoms with Gasteiger partial charge in [-0.15, -0.1) is 0 Å². The van der Waals surface area contributed by atoms with Crippen molar-refractivity contribution >= 4 is 11.9 Å². The summed E-state index contributed by atoms with van der Waals surface area (Å²) < 4.78 is 11.0. The van der Waals surface area contributed by atoms with Crippen molar-refractivity contribution in [2.75, 3.05) is 19.8 Å². The van der Waals surface area contributed by atoms with Crippen LogP contribution in [0.3, 0.4) is 0 Å². The number of carbonyl (C=O) groups is 2. The summed E-state index contributed by atoms with van der Waals surface area (Å²) in [5, 5.41) is 9.20. The number of aliphatic hydroxyl groups is 1. The Bertz CT molecular complexity index is 959. The van der Waals surface area contributed by atoms with Crippen LogP contribution in [0.2, 0.25) is 0 Å². The average Bonchev–Trinajstić information content (AvgIpc) is 3.02. The standard InChI is InChI=1S/C37H58O5/c1-6-8-9-10-28-11-14-32(15-12-28)33-16-18-34(19-17-33)35-20-13-29(22-31(35)7-2)21-30(24-41-36(39)26(3)4)25-42-37(40)27(5)23-38/h11-12,14-15,26,29-31,33-35,38H,5-10,13,16-25H2,1-4H3. The van der Waals surface area contributed by atoms with E-state index in [1.54, 1.807) is 0 Å². The molecule has 3 rings (SSSR count). The van der Waals surface area contributed by atoms with E-state index in [1.807, 2.05) is 13.8 Å². The molecule has 4 unspecified atom stereocenters. The van der Waals surface area contributed by atoms with E-state index in [-0.39, 0.29) is 36.6 Å². The van der Waals surface area contributed by atoms with E-state index < -0.39 is 12.6 Å². The maximum Gasteiger partial charge on any atom is 0.335 e. The second-order valence-corrected chi connectivity index (χ2v) is 13.6. The molecule has 2 fully saturated rings. The Labute approximate surface area is 255 Å². The molecule has 0 bridgehead atoms. The summed E-state index contributed by atoms with van der Waals surface area (Å²) in [6.07, 6.45) is 16.1. The maximum atomic E-state index is 12.1. The van der Waals surface area contributed by atoms with Gasteiger partial charge in [-0.25, -0.2) is 4.79 Å². The second kappa shape index (κ2) is 17.9. The molecule has 0 amide bonds. The summed E-state index contributed by atoms with van der Waals surface area (Å²) in [6, 6.07) is 9.54. The quantitative estimate of drug-likeness (QED) is 0.120. The van der Waals surface area contributed by atoms with Crippen LogP contribution < -0.4 is 0 Å². The molecule has 5 heteroatoms. The lowest BCUT2D eigenvalue weighted by Gasteiger charge is -2.43. The zero-order chi connectivity index (χ0) is 30.5. The molecule has 2 saturated carbocycles. The van der Waals surface area contributed by atoms with Crippen molar-refractivity contribution in [1.29, 1.82) is 0 Å². The van der Waals surface area contributed by atoms with Gasteiger partial charge in [0.25, 0.3) is 0 Å². The van der Waals surface area contributed by atoms with Crippen LogP contribution in [0.1, 0.15) is 122 Å².